The summed E-state index contributed by atoms with van der Waals surface area (Å²) in [6.45, 7) is 8.53. The summed E-state index contributed by atoms with van der Waals surface area (Å²) in [4.78, 5) is 94.7. The standard InChI is InChI=1S/C30H30Cl2N4O6.C23H29N3O3.C7H2Cl3NO3.2H2S/c1-30(2)15-14-22(19-10-6-7-11-20(19)30)35-29(39)33-16-23(28(38)42-17-18-8-4-3-5-9-18)34-27(37)25-21(31)12-13-24(26(25)32)36(40)41;1-23(2)13-12-20(17-10-6-7-11-18(17)23)26-22(28)25-14-19(24)21(27)29-15-16-8-4-3-5-9-16;8-3-1-2-4(11(13)14)6(9)5(3)7(10)12;;/h3-13,22-23H,14-17H2,1-2H3,(H,34,37)(H2,33,35,39);3-11,19-20H,12-15,24H2,1-2H3,(H2,25,26,28);1-2H;2*1H2/t22?,23-;19-,20?;;;/m00.../s1. The van der Waals surface area contributed by atoms with Gasteiger partial charge in [-0.3, -0.25) is 34.6 Å². The molecule has 0 saturated heterocycles. The van der Waals surface area contributed by atoms with E-state index in [1.54, 1.807) is 24.3 Å². The van der Waals surface area contributed by atoms with Gasteiger partial charge in [-0.15, -0.1) is 0 Å². The summed E-state index contributed by atoms with van der Waals surface area (Å²) in [6, 6.07) is 35.5. The first-order valence-electron chi connectivity index (χ1n) is 26.5. The van der Waals surface area contributed by atoms with Gasteiger partial charge in [0.1, 0.15) is 35.3 Å². The fourth-order valence-electron chi connectivity index (χ4n) is 9.47. The van der Waals surface area contributed by atoms with Crippen LogP contribution in [0.25, 0.3) is 0 Å². The topological polar surface area (TPSA) is 293 Å². The van der Waals surface area contributed by atoms with Crippen molar-refractivity contribution in [2.45, 2.75) is 102 Å². The summed E-state index contributed by atoms with van der Waals surface area (Å²) in [6.07, 6.45) is 3.44. The Hall–Kier alpha value is -7.15. The number of amides is 5. The third kappa shape index (κ3) is 19.9. The summed E-state index contributed by atoms with van der Waals surface area (Å²) >= 11 is 28.6. The highest BCUT2D eigenvalue weighted by Crippen LogP contribution is 2.43. The Morgan fingerprint density at radius 2 is 0.966 bits per heavy atom. The molecule has 7 N–H and O–H groups in total. The number of esters is 2. The van der Waals surface area contributed by atoms with E-state index < -0.39 is 67.4 Å². The van der Waals surface area contributed by atoms with Gasteiger partial charge in [-0.2, -0.15) is 27.0 Å². The van der Waals surface area contributed by atoms with Gasteiger partial charge in [-0.1, -0.05) is 183 Å². The molecule has 0 aromatic heterocycles. The first-order valence-corrected chi connectivity index (χ1v) is 28.4. The molecule has 2 aliphatic rings. The fourth-order valence-corrected chi connectivity index (χ4v) is 11.0. The summed E-state index contributed by atoms with van der Waals surface area (Å²) in [7, 11) is 0. The average Bonchev–Trinajstić information content (AvgIpc) is 3.54. The number of hydrogen-bond donors (Lipinski definition) is 6. The first kappa shape index (κ1) is 72.3. The largest absolute Gasteiger partial charge is 0.460 e. The quantitative estimate of drug-likeness (QED) is 0.0215. The van der Waals surface area contributed by atoms with Gasteiger partial charge < -0.3 is 41.8 Å². The number of carbonyl (C=O) groups excluding carboxylic acids is 6. The SMILES string of the molecule is CC1(C)CCC(NC(=O)NC[C@H](N)C(=O)OCc2ccccc2)c2ccccc21.CC1(C)CCC(NC(=O)NC[C@H](NC(=O)c2c(Cl)ccc([N+](=O)[O-])c2Cl)C(=O)OCc2ccccc2)c2ccccc21.O=C(Cl)c1c(Cl)ccc([N+](=O)[O-])c1Cl.S.S. The van der Waals surface area contributed by atoms with Gasteiger partial charge in [0.25, 0.3) is 22.5 Å². The lowest BCUT2D eigenvalue weighted by Crippen LogP contribution is -2.51. The molecule has 8 rings (SSSR count). The number of halogens is 5. The highest BCUT2D eigenvalue weighted by atomic mass is 35.5. The molecular formula is C60H65Cl5N8O12S2. The summed E-state index contributed by atoms with van der Waals surface area (Å²) in [5.41, 5.74) is 10.6. The van der Waals surface area contributed by atoms with Gasteiger partial charge in [0.2, 0.25) is 0 Å². The molecule has 0 heterocycles. The molecular weight excluding hydrogens is 1270 g/mol. The number of urea groups is 2. The zero-order valence-corrected chi connectivity index (χ0v) is 53.2. The molecule has 2 aliphatic carbocycles. The maximum atomic E-state index is 13.2. The van der Waals surface area contributed by atoms with Crippen LogP contribution in [0.2, 0.25) is 20.1 Å². The predicted octanol–water partition coefficient (Wildman–Crippen LogP) is 12.5. The Kier molecular flexibility index (Phi) is 27.7. The Morgan fingerprint density at radius 1 is 0.575 bits per heavy atom. The molecule has 20 nitrogen and oxygen atoms in total. The van der Waals surface area contributed by atoms with Crippen molar-refractivity contribution in [2.24, 2.45) is 5.73 Å². The average molecular weight is 1330 g/mol. The molecule has 4 atom stereocenters. The fraction of sp³-hybridized carbons (Fsp3) is 0.300. The Balaban J connectivity index is 0.000000311. The van der Waals surface area contributed by atoms with Crippen molar-refractivity contribution in [3.8, 4) is 0 Å². The highest BCUT2D eigenvalue weighted by Gasteiger charge is 2.35. The van der Waals surface area contributed by atoms with Crippen LogP contribution >= 0.6 is 85.0 Å². The smallest absolute Gasteiger partial charge is 0.330 e. The van der Waals surface area contributed by atoms with E-state index in [9.17, 15) is 49.0 Å². The second-order valence-electron chi connectivity index (χ2n) is 21.0. The molecule has 87 heavy (non-hydrogen) atoms. The first-order chi connectivity index (χ1) is 40.3. The Bertz CT molecular complexity index is 3450. The highest BCUT2D eigenvalue weighted by molar-refractivity contribution is 7.59. The predicted molar refractivity (Wildman–Crippen MR) is 345 cm³/mol. The summed E-state index contributed by atoms with van der Waals surface area (Å²) in [5, 5.41) is 33.6. The molecule has 6 aromatic rings. The number of nitro groups is 2. The monoisotopic (exact) mass is 1330 g/mol. The van der Waals surface area contributed by atoms with E-state index in [1.807, 2.05) is 66.7 Å². The number of hydrogen-bond acceptors (Lipinski definition) is 13. The molecule has 0 aliphatic heterocycles. The van der Waals surface area contributed by atoms with Crippen LogP contribution in [0.4, 0.5) is 21.0 Å². The van der Waals surface area contributed by atoms with Crippen LogP contribution in [-0.4, -0.2) is 70.2 Å². The second-order valence-corrected chi connectivity index (χ2v) is 22.9. The van der Waals surface area contributed by atoms with E-state index in [1.165, 1.54) is 11.6 Å². The lowest BCUT2D eigenvalue weighted by Gasteiger charge is -2.37. The third-order valence-corrected chi connectivity index (χ3v) is 15.7. The number of ether oxygens (including phenoxy) is 2. The van der Waals surface area contributed by atoms with Crippen molar-refractivity contribution in [2.75, 3.05) is 13.1 Å². The van der Waals surface area contributed by atoms with E-state index in [4.69, 9.17) is 73.2 Å². The van der Waals surface area contributed by atoms with E-state index in [2.05, 4.69) is 72.5 Å². The molecule has 0 bridgehead atoms. The number of fused-ring (bicyclic) bond motifs is 2. The number of nitrogens with two attached hydrogens (primary N) is 1. The molecule has 0 spiro atoms. The maximum absolute atomic E-state index is 13.2. The molecule has 0 fully saturated rings. The van der Waals surface area contributed by atoms with Crippen LogP contribution in [0.15, 0.2) is 133 Å². The van der Waals surface area contributed by atoms with Gasteiger partial charge in [-0.05, 0) is 93.6 Å². The van der Waals surface area contributed by atoms with Gasteiger partial charge in [-0.25, -0.2) is 14.4 Å². The lowest BCUT2D eigenvalue weighted by molar-refractivity contribution is -0.384. The molecule has 0 radical (unpaired) electrons. The summed E-state index contributed by atoms with van der Waals surface area (Å²) < 4.78 is 10.6. The van der Waals surface area contributed by atoms with Crippen molar-refractivity contribution in [1.82, 2.24) is 26.6 Å². The molecule has 27 heteroatoms. The van der Waals surface area contributed by atoms with Gasteiger partial charge in [0.05, 0.1) is 49.6 Å². The van der Waals surface area contributed by atoms with E-state index >= 15 is 0 Å². The number of nitrogens with zero attached hydrogens (tertiary/aromatic N) is 2. The minimum absolute atomic E-state index is 0. The number of nitrogens with one attached hydrogen (secondary N) is 5. The zero-order valence-electron chi connectivity index (χ0n) is 47.4. The van der Waals surface area contributed by atoms with Gasteiger partial charge in [0.15, 0.2) is 0 Å². The van der Waals surface area contributed by atoms with Crippen molar-refractivity contribution in [1.29, 1.82) is 0 Å². The Labute approximate surface area is 541 Å². The van der Waals surface area contributed by atoms with Crippen molar-refractivity contribution in [3.05, 3.63) is 218 Å². The van der Waals surface area contributed by atoms with E-state index in [0.717, 1.165) is 66.1 Å². The molecule has 0 saturated carbocycles. The zero-order chi connectivity index (χ0) is 62.2. The maximum Gasteiger partial charge on any atom is 0.330 e. The second kappa shape index (κ2) is 33.3. The van der Waals surface area contributed by atoms with Crippen LogP contribution in [0.5, 0.6) is 0 Å². The van der Waals surface area contributed by atoms with Crippen LogP contribution in [0, 0.1) is 20.2 Å². The van der Waals surface area contributed by atoms with E-state index in [-0.39, 0.29) is 108 Å². The van der Waals surface area contributed by atoms with Gasteiger partial charge in [0, 0.05) is 18.7 Å². The summed E-state index contributed by atoms with van der Waals surface area (Å²) in [5.74, 6) is -2.32. The van der Waals surface area contributed by atoms with Crippen LogP contribution in [0.3, 0.4) is 0 Å². The third-order valence-electron chi connectivity index (χ3n) is 14.1. The van der Waals surface area contributed by atoms with Crippen LogP contribution in [0.1, 0.15) is 120 Å². The van der Waals surface area contributed by atoms with Crippen molar-refractivity contribution in [3.63, 3.8) is 0 Å². The molecule has 6 aromatic carbocycles. The lowest BCUT2D eigenvalue weighted by atomic mass is 9.71. The molecule has 2 unspecified atom stereocenters. The van der Waals surface area contributed by atoms with E-state index in [0.29, 0.717) is 5.56 Å². The van der Waals surface area contributed by atoms with Crippen LogP contribution in [-0.2, 0) is 43.1 Å². The minimum atomic E-state index is -1.36. The van der Waals surface area contributed by atoms with Crippen LogP contribution < -0.4 is 32.3 Å². The number of rotatable bonds is 17. The Morgan fingerprint density at radius 3 is 1.40 bits per heavy atom. The normalized spacial score (nSPS) is 15.4. The minimum Gasteiger partial charge on any atom is -0.460 e. The van der Waals surface area contributed by atoms with Crippen molar-refractivity contribution >= 4 is 132 Å². The van der Waals surface area contributed by atoms with Gasteiger partial charge >= 0.3 is 24.0 Å². The number of benzene rings is 6. The molecule has 5 amide bonds. The molecule has 464 valence electrons. The number of nitro benzene ring substituents is 2. The van der Waals surface area contributed by atoms with Crippen molar-refractivity contribution < 1.29 is 48.1 Å². The number of carbonyl (C=O) groups is 6.